The number of nitrogens with zero attached hydrogens (tertiary/aromatic N) is 1. The van der Waals surface area contributed by atoms with Gasteiger partial charge in [-0.3, -0.25) is 0 Å². The Hall–Kier alpha value is -0.670. The highest BCUT2D eigenvalue weighted by atomic mass is 32.1. The topological polar surface area (TPSA) is 24.9 Å². The molecule has 14 heavy (non-hydrogen) atoms. The molecule has 1 aliphatic rings. The highest BCUT2D eigenvalue weighted by Crippen LogP contribution is 2.19. The summed E-state index contributed by atoms with van der Waals surface area (Å²) < 4.78 is 0. The molecule has 0 amide bonds. The molecule has 1 heterocycles. The first-order valence-corrected chi connectivity index (χ1v) is 6.04. The fraction of sp³-hybridized carbons (Fsp3) is 0.545. The average Bonchev–Trinajstić information content (AvgIpc) is 2.72. The number of rotatable bonds is 3. The smallest absolute Gasteiger partial charge is 0.109 e. The van der Waals surface area contributed by atoms with E-state index >= 15 is 0 Å². The highest BCUT2D eigenvalue weighted by Gasteiger charge is 2.14. The van der Waals surface area contributed by atoms with Gasteiger partial charge in [0.2, 0.25) is 0 Å². The van der Waals surface area contributed by atoms with Gasteiger partial charge in [-0.25, -0.2) is 4.98 Å². The van der Waals surface area contributed by atoms with E-state index in [4.69, 9.17) is 0 Å². The third kappa shape index (κ3) is 2.42. The van der Waals surface area contributed by atoms with E-state index in [1.165, 1.54) is 17.8 Å². The van der Waals surface area contributed by atoms with Gasteiger partial charge in [-0.1, -0.05) is 12.2 Å². The second kappa shape index (κ2) is 4.71. The molecule has 1 aromatic rings. The maximum absolute atomic E-state index is 4.32. The molecule has 2 atom stereocenters. The van der Waals surface area contributed by atoms with Gasteiger partial charge < -0.3 is 5.32 Å². The molecule has 0 aliphatic heterocycles. The van der Waals surface area contributed by atoms with Gasteiger partial charge in [-0.2, -0.15) is 0 Å². The average molecular weight is 208 g/mol. The summed E-state index contributed by atoms with van der Waals surface area (Å²) in [5.41, 5.74) is 0. The molecule has 1 aliphatic carbocycles. The summed E-state index contributed by atoms with van der Waals surface area (Å²) in [4.78, 5) is 4.32. The molecule has 0 radical (unpaired) electrons. The molecule has 0 aromatic carbocycles. The molecule has 0 fully saturated rings. The Morgan fingerprint density at radius 1 is 1.57 bits per heavy atom. The van der Waals surface area contributed by atoms with Gasteiger partial charge in [0, 0.05) is 17.6 Å². The molecule has 1 aromatic heterocycles. The van der Waals surface area contributed by atoms with E-state index in [2.05, 4.69) is 29.4 Å². The summed E-state index contributed by atoms with van der Waals surface area (Å²) in [6, 6.07) is 1.03. The zero-order chi connectivity index (χ0) is 9.80. The number of allylic oxidation sites excluding steroid dienone is 1. The van der Waals surface area contributed by atoms with Crippen molar-refractivity contribution in [3.63, 3.8) is 0 Å². The first kappa shape index (κ1) is 9.87. The van der Waals surface area contributed by atoms with Crippen molar-refractivity contribution in [1.29, 1.82) is 0 Å². The fourth-order valence-electron chi connectivity index (χ4n) is 1.82. The third-order valence-electron chi connectivity index (χ3n) is 2.58. The van der Waals surface area contributed by atoms with E-state index in [9.17, 15) is 0 Å². The Morgan fingerprint density at radius 3 is 3.14 bits per heavy atom. The molecule has 0 spiro atoms. The van der Waals surface area contributed by atoms with Crippen LogP contribution in [-0.4, -0.2) is 11.0 Å². The molecule has 0 saturated heterocycles. The van der Waals surface area contributed by atoms with Crippen molar-refractivity contribution in [3.8, 4) is 0 Å². The minimum absolute atomic E-state index is 0.395. The minimum Gasteiger partial charge on any atom is -0.305 e. The first-order valence-electron chi connectivity index (χ1n) is 5.16. The van der Waals surface area contributed by atoms with Crippen molar-refractivity contribution in [2.24, 2.45) is 0 Å². The standard InChI is InChI=1S/C11H16N2S/c1-9(11-12-7-8-14-11)13-10-5-3-2-4-6-10/h2-3,7-10,13H,4-6H2,1H3. The van der Waals surface area contributed by atoms with Crippen molar-refractivity contribution >= 4 is 11.3 Å². The van der Waals surface area contributed by atoms with Crippen molar-refractivity contribution in [2.75, 3.05) is 0 Å². The van der Waals surface area contributed by atoms with E-state index in [0.29, 0.717) is 12.1 Å². The van der Waals surface area contributed by atoms with Crippen molar-refractivity contribution in [3.05, 3.63) is 28.7 Å². The van der Waals surface area contributed by atoms with Gasteiger partial charge in [-0.05, 0) is 26.2 Å². The van der Waals surface area contributed by atoms with Crippen LogP contribution < -0.4 is 5.32 Å². The zero-order valence-electron chi connectivity index (χ0n) is 8.44. The van der Waals surface area contributed by atoms with Crippen molar-refractivity contribution in [2.45, 2.75) is 38.3 Å². The molecule has 3 heteroatoms. The van der Waals surface area contributed by atoms with E-state index in [1.807, 2.05) is 11.6 Å². The Balaban J connectivity index is 1.88. The van der Waals surface area contributed by atoms with E-state index in [1.54, 1.807) is 11.3 Å². The number of hydrogen-bond acceptors (Lipinski definition) is 3. The van der Waals surface area contributed by atoms with Crippen LogP contribution in [0.3, 0.4) is 0 Å². The summed E-state index contributed by atoms with van der Waals surface area (Å²) in [7, 11) is 0. The van der Waals surface area contributed by atoms with Crippen molar-refractivity contribution in [1.82, 2.24) is 10.3 Å². The summed E-state index contributed by atoms with van der Waals surface area (Å²) in [5.74, 6) is 0. The molecule has 1 N–H and O–H groups in total. The minimum atomic E-state index is 0.395. The van der Waals surface area contributed by atoms with Crippen LogP contribution in [-0.2, 0) is 0 Å². The molecule has 2 unspecified atom stereocenters. The van der Waals surface area contributed by atoms with Gasteiger partial charge in [0.05, 0.1) is 6.04 Å². The number of hydrogen-bond donors (Lipinski definition) is 1. The predicted molar refractivity (Wildman–Crippen MR) is 60.4 cm³/mol. The number of nitrogens with one attached hydrogen (secondary N) is 1. The lowest BCUT2D eigenvalue weighted by Crippen LogP contribution is -2.31. The molecule has 2 nitrogen and oxygen atoms in total. The van der Waals surface area contributed by atoms with Crippen LogP contribution >= 0.6 is 11.3 Å². The lowest BCUT2D eigenvalue weighted by atomic mass is 10.0. The summed E-state index contributed by atoms with van der Waals surface area (Å²) in [5, 5.41) is 6.85. The van der Waals surface area contributed by atoms with Crippen LogP contribution in [0.4, 0.5) is 0 Å². The van der Waals surface area contributed by atoms with Crippen LogP contribution in [0.2, 0.25) is 0 Å². The largest absolute Gasteiger partial charge is 0.305 e. The monoisotopic (exact) mass is 208 g/mol. The summed E-state index contributed by atoms with van der Waals surface area (Å²) in [6.45, 7) is 2.19. The first-order chi connectivity index (χ1) is 6.86. The van der Waals surface area contributed by atoms with Gasteiger partial charge in [0.25, 0.3) is 0 Å². The van der Waals surface area contributed by atoms with Crippen molar-refractivity contribution < 1.29 is 0 Å². The number of aromatic nitrogens is 1. The van der Waals surface area contributed by atoms with Gasteiger partial charge in [0.1, 0.15) is 5.01 Å². The molecule has 2 rings (SSSR count). The van der Waals surface area contributed by atoms with Gasteiger partial charge in [-0.15, -0.1) is 11.3 Å². The maximum atomic E-state index is 4.32. The van der Waals surface area contributed by atoms with Crippen LogP contribution in [0, 0.1) is 0 Å². The normalized spacial score (nSPS) is 23.6. The van der Waals surface area contributed by atoms with Gasteiger partial charge in [0.15, 0.2) is 0 Å². The van der Waals surface area contributed by atoms with E-state index in [-0.39, 0.29) is 0 Å². The summed E-state index contributed by atoms with van der Waals surface area (Å²) >= 11 is 1.73. The van der Waals surface area contributed by atoms with Gasteiger partial charge >= 0.3 is 0 Å². The second-order valence-corrected chi connectivity index (χ2v) is 4.67. The zero-order valence-corrected chi connectivity index (χ0v) is 9.26. The van der Waals surface area contributed by atoms with Crippen LogP contribution in [0.5, 0.6) is 0 Å². The third-order valence-corrected chi connectivity index (χ3v) is 3.53. The van der Waals surface area contributed by atoms with E-state index < -0.39 is 0 Å². The van der Waals surface area contributed by atoms with Crippen LogP contribution in [0.1, 0.15) is 37.2 Å². The van der Waals surface area contributed by atoms with E-state index in [0.717, 1.165) is 6.42 Å². The van der Waals surface area contributed by atoms with Crippen LogP contribution in [0.25, 0.3) is 0 Å². The molecule has 0 bridgehead atoms. The Morgan fingerprint density at radius 2 is 2.50 bits per heavy atom. The molecular weight excluding hydrogens is 192 g/mol. The lowest BCUT2D eigenvalue weighted by molar-refractivity contribution is 0.425. The highest BCUT2D eigenvalue weighted by molar-refractivity contribution is 7.09. The second-order valence-electron chi connectivity index (χ2n) is 3.74. The summed E-state index contributed by atoms with van der Waals surface area (Å²) in [6.07, 6.45) is 10.0. The lowest BCUT2D eigenvalue weighted by Gasteiger charge is -2.22. The quantitative estimate of drug-likeness (QED) is 0.773. The Labute approximate surface area is 89.1 Å². The molecular formula is C11H16N2S. The SMILES string of the molecule is CC(NC1CC=CCC1)c1nccs1. The Bertz CT molecular complexity index is 292. The maximum Gasteiger partial charge on any atom is 0.109 e. The Kier molecular flexibility index (Phi) is 3.32. The number of thiazole rings is 1. The molecule has 0 saturated carbocycles. The van der Waals surface area contributed by atoms with Crippen LogP contribution in [0.15, 0.2) is 23.7 Å². The predicted octanol–water partition coefficient (Wildman–Crippen LogP) is 2.90. The molecule has 76 valence electrons. The fourth-order valence-corrected chi connectivity index (χ4v) is 2.47.